The van der Waals surface area contributed by atoms with Crippen molar-refractivity contribution in [1.29, 1.82) is 0 Å². The molecule has 2 heterocycles. The van der Waals surface area contributed by atoms with E-state index in [1.807, 2.05) is 20.8 Å². The lowest BCUT2D eigenvalue weighted by molar-refractivity contribution is -0.148. The zero-order valence-corrected chi connectivity index (χ0v) is 24.0. The van der Waals surface area contributed by atoms with Crippen molar-refractivity contribution in [2.24, 2.45) is 16.8 Å². The summed E-state index contributed by atoms with van der Waals surface area (Å²) in [5, 5.41) is 4.28. The Labute approximate surface area is 246 Å². The lowest BCUT2D eigenvalue weighted by Gasteiger charge is -2.45. The minimum Gasteiger partial charge on any atom is -0.487 e. The minimum atomic E-state index is -4.27. The van der Waals surface area contributed by atoms with Gasteiger partial charge in [-0.2, -0.15) is 13.9 Å². The Morgan fingerprint density at radius 3 is 2.37 bits per heavy atom. The first kappa shape index (κ1) is 31.9. The van der Waals surface area contributed by atoms with Crippen molar-refractivity contribution in [3.05, 3.63) is 90.3 Å². The van der Waals surface area contributed by atoms with Crippen molar-refractivity contribution in [3.63, 3.8) is 0 Å². The Morgan fingerprint density at radius 2 is 1.79 bits per heavy atom. The average molecular weight is 606 g/mol. The van der Waals surface area contributed by atoms with E-state index in [9.17, 15) is 22.0 Å². The predicted molar refractivity (Wildman–Crippen MR) is 152 cm³/mol. The summed E-state index contributed by atoms with van der Waals surface area (Å²) >= 11 is 0. The van der Waals surface area contributed by atoms with E-state index in [1.165, 1.54) is 30.6 Å². The van der Waals surface area contributed by atoms with Gasteiger partial charge in [0.15, 0.2) is 6.61 Å². The summed E-state index contributed by atoms with van der Waals surface area (Å²) in [6, 6.07) is 9.18. The average Bonchev–Trinajstić information content (AvgIpc) is 3.64. The summed E-state index contributed by atoms with van der Waals surface area (Å²) < 4.78 is 87.4. The number of alkyl halides is 4. The fourth-order valence-electron chi connectivity index (χ4n) is 5.74. The van der Waals surface area contributed by atoms with E-state index in [0.717, 1.165) is 6.07 Å². The third-order valence-corrected chi connectivity index (χ3v) is 8.25. The second-order valence-electron chi connectivity index (χ2n) is 10.8. The highest BCUT2D eigenvalue weighted by Gasteiger charge is 2.46. The van der Waals surface area contributed by atoms with Gasteiger partial charge in [0.25, 0.3) is 0 Å². The van der Waals surface area contributed by atoms with Gasteiger partial charge in [0.2, 0.25) is 0 Å². The highest BCUT2D eigenvalue weighted by molar-refractivity contribution is 5.87. The van der Waals surface area contributed by atoms with Gasteiger partial charge < -0.3 is 4.74 Å². The second kappa shape index (κ2) is 13.1. The van der Waals surface area contributed by atoms with Gasteiger partial charge in [0.05, 0.1) is 24.6 Å². The van der Waals surface area contributed by atoms with Crippen LogP contribution in [0.4, 0.5) is 32.0 Å². The van der Waals surface area contributed by atoms with E-state index in [2.05, 4.69) is 27.4 Å². The van der Waals surface area contributed by atoms with Crippen molar-refractivity contribution in [1.82, 2.24) is 14.8 Å². The number of hydrogen-bond donors (Lipinski definition) is 0. The summed E-state index contributed by atoms with van der Waals surface area (Å²) in [4.78, 5) is 10.5. The van der Waals surface area contributed by atoms with E-state index < -0.39 is 42.0 Å². The van der Waals surface area contributed by atoms with Crippen LogP contribution in [0, 0.1) is 23.5 Å². The second-order valence-corrected chi connectivity index (χ2v) is 10.8. The molecule has 0 aliphatic carbocycles. The van der Waals surface area contributed by atoms with Gasteiger partial charge in [-0.15, -0.1) is 5.73 Å². The third kappa shape index (κ3) is 6.64. The molecule has 43 heavy (non-hydrogen) atoms. The molecule has 230 valence electrons. The van der Waals surface area contributed by atoms with E-state index in [0.29, 0.717) is 36.3 Å². The molecule has 1 aliphatic heterocycles. The maximum Gasteiger partial charge on any atom is 0.340 e. The maximum atomic E-state index is 15.5. The standard InChI is InChI=1S/C31H33F6N5O/c1-5-20(3)30(15-41-18-38-17-40-41,25-12-7-22(32)14-26(25)33)21(4)13-27-28(6-2)42(19-39-27)23-8-10-24(11-9-23)43-16-31(36,37)29(34)35/h7-12,14,17-21,27,29H,2,5,13,15-16H2,1,3-4H3/t20?,21-,27?,30+/m0/s1. The molecule has 0 fully saturated rings. The van der Waals surface area contributed by atoms with E-state index in [1.54, 1.807) is 34.4 Å². The smallest absolute Gasteiger partial charge is 0.340 e. The quantitative estimate of drug-likeness (QED) is 0.150. The number of aromatic nitrogens is 3. The number of nitrogens with zero attached hydrogens (tertiary/aromatic N) is 5. The molecular formula is C31H33F6N5O. The third-order valence-electron chi connectivity index (χ3n) is 8.25. The van der Waals surface area contributed by atoms with Crippen LogP contribution in [0.5, 0.6) is 5.75 Å². The molecule has 0 bridgehead atoms. The SMILES string of the molecule is C=C=C1C(C[C@H](C)[C@](Cn2cncn2)(c2ccc(F)cc2F)C(C)CC)N=CN1c1ccc(OCC(F)(F)C(F)F)cc1. The Morgan fingerprint density at radius 1 is 1.07 bits per heavy atom. The summed E-state index contributed by atoms with van der Waals surface area (Å²) in [5.74, 6) is -5.85. The van der Waals surface area contributed by atoms with Gasteiger partial charge in [0.1, 0.15) is 30.0 Å². The highest BCUT2D eigenvalue weighted by atomic mass is 19.3. The van der Waals surface area contributed by atoms with Crippen LogP contribution in [-0.4, -0.2) is 46.1 Å². The number of hydrogen-bond acceptors (Lipinski definition) is 5. The van der Waals surface area contributed by atoms with Crippen LogP contribution in [0.1, 0.15) is 39.2 Å². The first-order valence-corrected chi connectivity index (χ1v) is 13.8. The topological polar surface area (TPSA) is 55.5 Å². The van der Waals surface area contributed by atoms with Crippen molar-refractivity contribution in [2.75, 3.05) is 11.5 Å². The van der Waals surface area contributed by atoms with Crippen LogP contribution in [0.3, 0.4) is 0 Å². The summed E-state index contributed by atoms with van der Waals surface area (Å²) in [6.07, 6.45) is 1.89. The molecular weight excluding hydrogens is 572 g/mol. The largest absolute Gasteiger partial charge is 0.487 e. The molecule has 2 unspecified atom stereocenters. The maximum absolute atomic E-state index is 15.5. The lowest BCUT2D eigenvalue weighted by Crippen LogP contribution is -2.46. The number of anilines is 1. The van der Waals surface area contributed by atoms with E-state index >= 15 is 4.39 Å². The van der Waals surface area contributed by atoms with Crippen LogP contribution in [0.15, 0.2) is 78.1 Å². The molecule has 12 heteroatoms. The molecule has 1 aromatic heterocycles. The predicted octanol–water partition coefficient (Wildman–Crippen LogP) is 7.43. The molecule has 4 rings (SSSR count). The van der Waals surface area contributed by atoms with Crippen LogP contribution in [0.25, 0.3) is 0 Å². The normalized spacial score (nSPS) is 18.0. The van der Waals surface area contributed by atoms with Gasteiger partial charge >= 0.3 is 12.3 Å². The van der Waals surface area contributed by atoms with Gasteiger partial charge in [-0.05, 0) is 54.2 Å². The van der Waals surface area contributed by atoms with Crippen molar-refractivity contribution < 1.29 is 31.1 Å². The Balaban J connectivity index is 1.60. The summed E-state index contributed by atoms with van der Waals surface area (Å²) in [5.41, 5.74) is 3.70. The first-order valence-electron chi connectivity index (χ1n) is 13.8. The molecule has 6 nitrogen and oxygen atoms in total. The molecule has 2 aromatic carbocycles. The van der Waals surface area contributed by atoms with Crippen molar-refractivity contribution >= 4 is 12.0 Å². The zero-order chi connectivity index (χ0) is 31.4. The van der Waals surface area contributed by atoms with E-state index in [4.69, 9.17) is 4.74 Å². The van der Waals surface area contributed by atoms with Crippen LogP contribution in [-0.2, 0) is 12.0 Å². The highest BCUT2D eigenvalue weighted by Crippen LogP contribution is 2.47. The molecule has 0 amide bonds. The Hall–Kier alpha value is -4.05. The molecule has 0 radical (unpaired) electrons. The first-order chi connectivity index (χ1) is 20.4. The number of benzene rings is 2. The molecule has 1 aliphatic rings. The number of aliphatic imine (C=N–C) groups is 1. The minimum absolute atomic E-state index is 0.00212. The molecule has 4 atom stereocenters. The summed E-state index contributed by atoms with van der Waals surface area (Å²) in [6.45, 7) is 8.74. The van der Waals surface area contributed by atoms with Crippen molar-refractivity contribution in [2.45, 2.75) is 64.0 Å². The van der Waals surface area contributed by atoms with Crippen LogP contribution in [0.2, 0.25) is 0 Å². The fourth-order valence-corrected chi connectivity index (χ4v) is 5.74. The summed E-state index contributed by atoms with van der Waals surface area (Å²) in [7, 11) is 0. The molecule has 0 saturated carbocycles. The molecule has 0 saturated heterocycles. The van der Waals surface area contributed by atoms with Crippen LogP contribution < -0.4 is 9.64 Å². The van der Waals surface area contributed by atoms with Gasteiger partial charge in [-0.1, -0.05) is 39.8 Å². The number of ether oxygens (including phenoxy) is 1. The van der Waals surface area contributed by atoms with Gasteiger partial charge in [0, 0.05) is 17.2 Å². The molecule has 3 aromatic rings. The Bertz CT molecular complexity index is 1460. The zero-order valence-electron chi connectivity index (χ0n) is 24.0. The number of rotatable bonds is 13. The molecule has 0 N–H and O–H groups in total. The van der Waals surface area contributed by atoms with Gasteiger partial charge in [-0.25, -0.2) is 22.5 Å². The van der Waals surface area contributed by atoms with E-state index in [-0.39, 0.29) is 17.6 Å². The number of halogens is 6. The van der Waals surface area contributed by atoms with Gasteiger partial charge in [-0.3, -0.25) is 14.6 Å². The fraction of sp³-hybridized carbons (Fsp3) is 0.419. The monoisotopic (exact) mass is 605 g/mol. The Kier molecular flexibility index (Phi) is 9.69. The molecule has 0 spiro atoms. The van der Waals surface area contributed by atoms with Crippen molar-refractivity contribution in [3.8, 4) is 5.75 Å². The van der Waals surface area contributed by atoms with Crippen LogP contribution >= 0.6 is 0 Å². The lowest BCUT2D eigenvalue weighted by atomic mass is 9.61.